The van der Waals surface area contributed by atoms with Crippen LogP contribution in [0.1, 0.15) is 19.8 Å². The Labute approximate surface area is 96.6 Å². The molecule has 4 heteroatoms. The molecular formula is C12H20O4. The Bertz CT molecular complexity index is 245. The predicted molar refractivity (Wildman–Crippen MR) is 59.8 cm³/mol. The Hall–Kier alpha value is -0.870. The molecule has 0 spiro atoms. The maximum atomic E-state index is 10.8. The van der Waals surface area contributed by atoms with Crippen molar-refractivity contribution >= 4 is 5.97 Å². The maximum absolute atomic E-state index is 10.8. The van der Waals surface area contributed by atoms with Gasteiger partial charge in [0, 0.05) is 33.0 Å². The van der Waals surface area contributed by atoms with Crippen LogP contribution in [0, 0.1) is 11.8 Å². The van der Waals surface area contributed by atoms with Crippen LogP contribution < -0.4 is 0 Å². The monoisotopic (exact) mass is 228 g/mol. The number of hydrogen-bond acceptors (Lipinski definition) is 4. The van der Waals surface area contributed by atoms with E-state index in [1.165, 1.54) is 6.92 Å². The van der Waals surface area contributed by atoms with Crippen molar-refractivity contribution in [3.63, 3.8) is 0 Å². The number of methoxy groups -OCH3 is 2. The van der Waals surface area contributed by atoms with E-state index in [0.29, 0.717) is 6.61 Å². The molecule has 0 fully saturated rings. The van der Waals surface area contributed by atoms with Crippen LogP contribution in [-0.4, -0.2) is 33.1 Å². The van der Waals surface area contributed by atoms with Crippen LogP contribution in [0.3, 0.4) is 0 Å². The minimum absolute atomic E-state index is 0.231. The van der Waals surface area contributed by atoms with E-state index in [2.05, 4.69) is 12.2 Å². The Morgan fingerprint density at radius 2 is 1.94 bits per heavy atom. The molecule has 1 aliphatic rings. The standard InChI is InChI=1S/C12H20O4/c1-9(13)16-8-10-6-4-5-7-11(10)12(14-2)15-3/h4-5,10-12H,6-8H2,1-3H3/t10-,11-/m0/s1. The van der Waals surface area contributed by atoms with E-state index >= 15 is 0 Å². The lowest BCUT2D eigenvalue weighted by Gasteiger charge is -2.32. The minimum Gasteiger partial charge on any atom is -0.466 e. The summed E-state index contributed by atoms with van der Waals surface area (Å²) in [6.45, 7) is 1.87. The Balaban J connectivity index is 2.56. The van der Waals surface area contributed by atoms with Gasteiger partial charge in [0.25, 0.3) is 0 Å². The van der Waals surface area contributed by atoms with Gasteiger partial charge in [0.1, 0.15) is 0 Å². The van der Waals surface area contributed by atoms with E-state index in [-0.39, 0.29) is 24.1 Å². The number of ether oxygens (including phenoxy) is 3. The third-order valence-corrected chi connectivity index (χ3v) is 2.93. The molecule has 16 heavy (non-hydrogen) atoms. The normalized spacial score (nSPS) is 24.8. The molecule has 0 unspecified atom stereocenters. The highest BCUT2D eigenvalue weighted by Gasteiger charge is 2.30. The van der Waals surface area contributed by atoms with Crippen molar-refractivity contribution in [3.8, 4) is 0 Å². The highest BCUT2D eigenvalue weighted by atomic mass is 16.7. The van der Waals surface area contributed by atoms with Crippen molar-refractivity contribution in [2.75, 3.05) is 20.8 Å². The second-order valence-electron chi connectivity index (χ2n) is 4.01. The van der Waals surface area contributed by atoms with Crippen molar-refractivity contribution in [2.45, 2.75) is 26.1 Å². The number of hydrogen-bond donors (Lipinski definition) is 0. The average Bonchev–Trinajstić information content (AvgIpc) is 2.29. The quantitative estimate of drug-likeness (QED) is 0.408. The minimum atomic E-state index is -0.236. The van der Waals surface area contributed by atoms with Gasteiger partial charge in [-0.15, -0.1) is 0 Å². The second-order valence-corrected chi connectivity index (χ2v) is 4.01. The molecule has 1 rings (SSSR count). The molecule has 0 aromatic carbocycles. The second kappa shape index (κ2) is 6.66. The fraction of sp³-hybridized carbons (Fsp3) is 0.750. The molecule has 0 amide bonds. The van der Waals surface area contributed by atoms with Gasteiger partial charge in [-0.25, -0.2) is 0 Å². The van der Waals surface area contributed by atoms with Crippen molar-refractivity contribution in [3.05, 3.63) is 12.2 Å². The highest BCUT2D eigenvalue weighted by Crippen LogP contribution is 2.30. The lowest BCUT2D eigenvalue weighted by atomic mass is 9.83. The summed E-state index contributed by atoms with van der Waals surface area (Å²) >= 11 is 0. The lowest BCUT2D eigenvalue weighted by Crippen LogP contribution is -2.34. The molecule has 0 saturated carbocycles. The predicted octanol–water partition coefficient (Wildman–Crippen LogP) is 1.75. The van der Waals surface area contributed by atoms with Crippen LogP contribution in [0.15, 0.2) is 12.2 Å². The molecule has 0 N–H and O–H groups in total. The van der Waals surface area contributed by atoms with Crippen LogP contribution in [-0.2, 0) is 19.0 Å². The maximum Gasteiger partial charge on any atom is 0.302 e. The third-order valence-electron chi connectivity index (χ3n) is 2.93. The summed E-state index contributed by atoms with van der Waals surface area (Å²) in [7, 11) is 3.27. The first kappa shape index (κ1) is 13.2. The van der Waals surface area contributed by atoms with Gasteiger partial charge in [-0.1, -0.05) is 12.2 Å². The topological polar surface area (TPSA) is 44.8 Å². The molecule has 0 bridgehead atoms. The summed E-state index contributed by atoms with van der Waals surface area (Å²) in [6, 6.07) is 0. The van der Waals surface area contributed by atoms with Gasteiger partial charge in [-0.05, 0) is 12.8 Å². The van der Waals surface area contributed by atoms with Crippen molar-refractivity contribution in [1.82, 2.24) is 0 Å². The molecule has 0 aromatic rings. The number of carbonyl (C=O) groups is 1. The molecule has 0 heterocycles. The zero-order valence-corrected chi connectivity index (χ0v) is 10.1. The molecule has 0 aliphatic heterocycles. The molecule has 0 saturated heterocycles. The summed E-state index contributed by atoms with van der Waals surface area (Å²) < 4.78 is 15.6. The molecule has 2 atom stereocenters. The van der Waals surface area contributed by atoms with Gasteiger partial charge in [0.15, 0.2) is 6.29 Å². The Morgan fingerprint density at radius 1 is 1.31 bits per heavy atom. The Morgan fingerprint density at radius 3 is 2.50 bits per heavy atom. The molecular weight excluding hydrogens is 208 g/mol. The fourth-order valence-corrected chi connectivity index (χ4v) is 2.09. The summed E-state index contributed by atoms with van der Waals surface area (Å²) in [5, 5.41) is 0. The van der Waals surface area contributed by atoms with Crippen LogP contribution >= 0.6 is 0 Å². The molecule has 0 radical (unpaired) electrons. The molecule has 1 aliphatic carbocycles. The van der Waals surface area contributed by atoms with E-state index in [4.69, 9.17) is 14.2 Å². The summed E-state index contributed by atoms with van der Waals surface area (Å²) in [4.78, 5) is 10.8. The van der Waals surface area contributed by atoms with Gasteiger partial charge in [0.2, 0.25) is 0 Å². The average molecular weight is 228 g/mol. The van der Waals surface area contributed by atoms with E-state index in [0.717, 1.165) is 12.8 Å². The fourth-order valence-electron chi connectivity index (χ4n) is 2.09. The Kier molecular flexibility index (Phi) is 5.49. The van der Waals surface area contributed by atoms with Crippen LogP contribution in [0.2, 0.25) is 0 Å². The largest absolute Gasteiger partial charge is 0.466 e. The van der Waals surface area contributed by atoms with E-state index in [1.807, 2.05) is 0 Å². The molecule has 4 nitrogen and oxygen atoms in total. The molecule has 92 valence electrons. The van der Waals surface area contributed by atoms with E-state index in [1.54, 1.807) is 14.2 Å². The van der Waals surface area contributed by atoms with Crippen molar-refractivity contribution in [1.29, 1.82) is 0 Å². The number of esters is 1. The van der Waals surface area contributed by atoms with Crippen LogP contribution in [0.5, 0.6) is 0 Å². The van der Waals surface area contributed by atoms with Crippen LogP contribution in [0.4, 0.5) is 0 Å². The van der Waals surface area contributed by atoms with Crippen LogP contribution in [0.25, 0.3) is 0 Å². The van der Waals surface area contributed by atoms with E-state index < -0.39 is 0 Å². The van der Waals surface area contributed by atoms with Crippen molar-refractivity contribution in [2.24, 2.45) is 11.8 Å². The van der Waals surface area contributed by atoms with E-state index in [9.17, 15) is 4.79 Å². The summed E-state index contributed by atoms with van der Waals surface area (Å²) in [5.74, 6) is 0.290. The van der Waals surface area contributed by atoms with Gasteiger partial charge in [-0.2, -0.15) is 0 Å². The SMILES string of the molecule is COC(OC)[C@H]1CC=CC[C@H]1COC(C)=O. The zero-order chi connectivity index (χ0) is 12.0. The third kappa shape index (κ3) is 3.61. The lowest BCUT2D eigenvalue weighted by molar-refractivity contribution is -0.161. The number of allylic oxidation sites excluding steroid dienone is 2. The first-order valence-corrected chi connectivity index (χ1v) is 5.53. The van der Waals surface area contributed by atoms with Gasteiger partial charge in [0.05, 0.1) is 6.61 Å². The number of carbonyl (C=O) groups excluding carboxylic acids is 1. The van der Waals surface area contributed by atoms with Gasteiger partial charge >= 0.3 is 5.97 Å². The first-order valence-electron chi connectivity index (χ1n) is 5.53. The smallest absolute Gasteiger partial charge is 0.302 e. The number of rotatable bonds is 5. The highest BCUT2D eigenvalue weighted by molar-refractivity contribution is 5.65. The van der Waals surface area contributed by atoms with Gasteiger partial charge in [-0.3, -0.25) is 4.79 Å². The van der Waals surface area contributed by atoms with Crippen molar-refractivity contribution < 1.29 is 19.0 Å². The summed E-state index contributed by atoms with van der Waals surface area (Å²) in [6.07, 6.45) is 5.82. The zero-order valence-electron chi connectivity index (χ0n) is 10.1. The summed E-state index contributed by atoms with van der Waals surface area (Å²) in [5.41, 5.74) is 0. The molecule has 0 aromatic heterocycles. The van der Waals surface area contributed by atoms with Gasteiger partial charge < -0.3 is 14.2 Å². The first-order chi connectivity index (χ1) is 7.69.